The predicted octanol–water partition coefficient (Wildman–Crippen LogP) is 2.71. The highest BCUT2D eigenvalue weighted by Gasteiger charge is 2.33. The van der Waals surface area contributed by atoms with Gasteiger partial charge in [-0.2, -0.15) is 0 Å². The molecule has 0 radical (unpaired) electrons. The lowest BCUT2D eigenvalue weighted by Gasteiger charge is -2.12. The summed E-state index contributed by atoms with van der Waals surface area (Å²) in [6.07, 6.45) is 6.96. The summed E-state index contributed by atoms with van der Waals surface area (Å²) in [6, 6.07) is 0. The van der Waals surface area contributed by atoms with Crippen LogP contribution in [0.2, 0.25) is 0 Å². The molecule has 0 amide bonds. The first kappa shape index (κ1) is 7.83. The number of oxime groups is 1. The molecule has 1 aliphatic carbocycles. The zero-order chi connectivity index (χ0) is 7.68. The molecular weight excluding hydrogens is 253 g/mol. The van der Waals surface area contributed by atoms with Gasteiger partial charge in [-0.15, -0.1) is 0 Å². The van der Waals surface area contributed by atoms with E-state index in [0.29, 0.717) is 12.0 Å². The van der Waals surface area contributed by atoms with Crippen molar-refractivity contribution in [3.63, 3.8) is 0 Å². The Morgan fingerprint density at radius 2 is 2.09 bits per heavy atom. The van der Waals surface area contributed by atoms with Gasteiger partial charge < -0.3 is 4.84 Å². The fourth-order valence-corrected chi connectivity index (χ4v) is 2.68. The van der Waals surface area contributed by atoms with Crippen molar-refractivity contribution in [1.82, 2.24) is 0 Å². The number of fused-ring (bicyclic) bond motifs is 1. The first-order valence-corrected chi connectivity index (χ1v) is 5.35. The molecule has 0 bridgehead atoms. The molecule has 0 aromatic rings. The third kappa shape index (κ3) is 1.53. The van der Waals surface area contributed by atoms with Gasteiger partial charge in [-0.1, -0.05) is 18.0 Å². The van der Waals surface area contributed by atoms with E-state index >= 15 is 0 Å². The van der Waals surface area contributed by atoms with E-state index in [1.165, 1.54) is 35.8 Å². The second kappa shape index (κ2) is 3.29. The van der Waals surface area contributed by atoms with Gasteiger partial charge in [0.05, 0.1) is 5.92 Å². The molecule has 1 saturated carbocycles. The largest absolute Gasteiger partial charge is 0.391 e. The standard InChI is InChI=1S/C8H12INO/c9-8-6-4-2-1-3-5-7(6)11-10-8/h6-7H,1-5H2. The monoisotopic (exact) mass is 265 g/mol. The minimum Gasteiger partial charge on any atom is -0.391 e. The smallest absolute Gasteiger partial charge is 0.136 e. The van der Waals surface area contributed by atoms with Gasteiger partial charge in [-0.05, 0) is 41.9 Å². The number of rotatable bonds is 0. The van der Waals surface area contributed by atoms with Crippen LogP contribution in [0, 0.1) is 5.92 Å². The highest BCUT2D eigenvalue weighted by Crippen LogP contribution is 2.33. The summed E-state index contributed by atoms with van der Waals surface area (Å²) in [7, 11) is 0. The van der Waals surface area contributed by atoms with E-state index in [1.807, 2.05) is 0 Å². The molecule has 1 fully saturated rings. The molecule has 0 N–H and O–H groups in total. The molecule has 2 aliphatic rings. The average molecular weight is 265 g/mol. The summed E-state index contributed by atoms with van der Waals surface area (Å²) in [6.45, 7) is 0. The van der Waals surface area contributed by atoms with E-state index in [9.17, 15) is 0 Å². The molecule has 0 aromatic heterocycles. The molecule has 0 spiro atoms. The second-order valence-electron chi connectivity index (χ2n) is 3.30. The van der Waals surface area contributed by atoms with Gasteiger partial charge in [-0.25, -0.2) is 0 Å². The number of hydrogen-bond acceptors (Lipinski definition) is 2. The number of halogens is 1. The van der Waals surface area contributed by atoms with Crippen LogP contribution >= 0.6 is 22.6 Å². The van der Waals surface area contributed by atoms with Crippen LogP contribution in [0.25, 0.3) is 0 Å². The molecule has 1 heterocycles. The Morgan fingerprint density at radius 3 is 3.00 bits per heavy atom. The Morgan fingerprint density at radius 1 is 1.27 bits per heavy atom. The fourth-order valence-electron chi connectivity index (χ4n) is 1.86. The second-order valence-corrected chi connectivity index (χ2v) is 4.41. The minimum atomic E-state index is 0.421. The van der Waals surface area contributed by atoms with Crippen LogP contribution in [0.3, 0.4) is 0 Å². The molecule has 2 rings (SSSR count). The molecule has 1 aliphatic heterocycles. The molecule has 2 atom stereocenters. The maximum Gasteiger partial charge on any atom is 0.136 e. The lowest BCUT2D eigenvalue weighted by molar-refractivity contribution is 0.0571. The number of hydrogen-bond donors (Lipinski definition) is 0. The molecule has 3 heteroatoms. The summed E-state index contributed by atoms with van der Waals surface area (Å²) in [5, 5.41) is 4.03. The quantitative estimate of drug-likeness (QED) is 0.617. The van der Waals surface area contributed by atoms with E-state index in [1.54, 1.807) is 0 Å². The topological polar surface area (TPSA) is 21.6 Å². The summed E-state index contributed by atoms with van der Waals surface area (Å²) in [5.41, 5.74) is 0. The minimum absolute atomic E-state index is 0.421. The Labute approximate surface area is 80.5 Å². The first-order valence-electron chi connectivity index (χ1n) is 4.27. The SMILES string of the molecule is IC1=NOC2CCCCCC12. The van der Waals surface area contributed by atoms with Crippen molar-refractivity contribution < 1.29 is 4.84 Å². The van der Waals surface area contributed by atoms with Gasteiger partial charge in [0.1, 0.15) is 9.82 Å². The number of nitrogens with zero attached hydrogens (tertiary/aromatic N) is 1. The van der Waals surface area contributed by atoms with Crippen LogP contribution in [-0.4, -0.2) is 9.82 Å². The van der Waals surface area contributed by atoms with Gasteiger partial charge in [0, 0.05) is 0 Å². The maximum absolute atomic E-state index is 5.33. The van der Waals surface area contributed by atoms with Gasteiger partial charge in [0.15, 0.2) is 0 Å². The Balaban J connectivity index is 2.06. The zero-order valence-corrected chi connectivity index (χ0v) is 8.58. The van der Waals surface area contributed by atoms with Crippen LogP contribution in [-0.2, 0) is 4.84 Å². The Bertz CT molecular complexity index is 181. The van der Waals surface area contributed by atoms with Gasteiger partial charge >= 0.3 is 0 Å². The maximum atomic E-state index is 5.33. The fraction of sp³-hybridized carbons (Fsp3) is 0.875. The van der Waals surface area contributed by atoms with Crippen molar-refractivity contribution in [3.8, 4) is 0 Å². The van der Waals surface area contributed by atoms with Gasteiger partial charge in [0.25, 0.3) is 0 Å². The molecule has 0 aromatic carbocycles. The molecule has 0 saturated heterocycles. The average Bonchev–Trinajstić information content (AvgIpc) is 2.25. The molecule has 11 heavy (non-hydrogen) atoms. The van der Waals surface area contributed by atoms with E-state index < -0.39 is 0 Å². The zero-order valence-electron chi connectivity index (χ0n) is 6.42. The summed E-state index contributed by atoms with van der Waals surface area (Å²) < 4.78 is 1.19. The van der Waals surface area contributed by atoms with Crippen molar-refractivity contribution in [2.24, 2.45) is 11.1 Å². The summed E-state index contributed by atoms with van der Waals surface area (Å²) >= 11 is 2.31. The van der Waals surface area contributed by atoms with Crippen LogP contribution in [0.1, 0.15) is 32.1 Å². The normalized spacial score (nSPS) is 37.0. The van der Waals surface area contributed by atoms with Crippen LogP contribution < -0.4 is 0 Å². The van der Waals surface area contributed by atoms with Crippen molar-refractivity contribution in [2.45, 2.75) is 38.2 Å². The van der Waals surface area contributed by atoms with Gasteiger partial charge in [0.2, 0.25) is 0 Å². The van der Waals surface area contributed by atoms with Crippen molar-refractivity contribution in [2.75, 3.05) is 0 Å². The summed E-state index contributed by atoms with van der Waals surface area (Å²) in [5.74, 6) is 0.637. The van der Waals surface area contributed by atoms with Crippen LogP contribution in [0.4, 0.5) is 0 Å². The van der Waals surface area contributed by atoms with E-state index in [0.717, 1.165) is 0 Å². The third-order valence-corrected chi connectivity index (χ3v) is 3.53. The van der Waals surface area contributed by atoms with E-state index in [-0.39, 0.29) is 0 Å². The third-order valence-electron chi connectivity index (χ3n) is 2.53. The molecule has 62 valence electrons. The summed E-state index contributed by atoms with van der Waals surface area (Å²) in [4.78, 5) is 5.33. The lowest BCUT2D eigenvalue weighted by atomic mass is 10.00. The lowest BCUT2D eigenvalue weighted by Crippen LogP contribution is -2.18. The van der Waals surface area contributed by atoms with Crippen molar-refractivity contribution in [1.29, 1.82) is 0 Å². The molecular formula is C8H12INO. The Kier molecular flexibility index (Phi) is 2.34. The van der Waals surface area contributed by atoms with Crippen LogP contribution in [0.15, 0.2) is 5.16 Å². The molecule has 2 nitrogen and oxygen atoms in total. The van der Waals surface area contributed by atoms with Crippen LogP contribution in [0.5, 0.6) is 0 Å². The van der Waals surface area contributed by atoms with E-state index in [4.69, 9.17) is 4.84 Å². The van der Waals surface area contributed by atoms with Crippen molar-refractivity contribution in [3.05, 3.63) is 0 Å². The Hall–Kier alpha value is 0.200. The van der Waals surface area contributed by atoms with Crippen molar-refractivity contribution >= 4 is 26.3 Å². The first-order chi connectivity index (χ1) is 5.38. The molecule has 2 unspecified atom stereocenters. The highest BCUT2D eigenvalue weighted by molar-refractivity contribution is 14.1. The van der Waals surface area contributed by atoms with Gasteiger partial charge in [-0.3, -0.25) is 0 Å². The highest BCUT2D eigenvalue weighted by atomic mass is 127. The predicted molar refractivity (Wildman–Crippen MR) is 52.9 cm³/mol. The van der Waals surface area contributed by atoms with E-state index in [2.05, 4.69) is 27.7 Å².